The number of halogens is 1. The van der Waals surface area contributed by atoms with Crippen LogP contribution in [-0.4, -0.2) is 9.85 Å². The highest BCUT2D eigenvalue weighted by Gasteiger charge is 2.28. The molecular weight excluding hydrogens is 300 g/mol. The lowest BCUT2D eigenvalue weighted by molar-refractivity contribution is -0.422. The average Bonchev–Trinajstić information content (AvgIpc) is 2.49. The predicted octanol–water partition coefficient (Wildman–Crippen LogP) is 3.85. The molecule has 2 aromatic rings. The summed E-state index contributed by atoms with van der Waals surface area (Å²) in [6.45, 7) is 0. The van der Waals surface area contributed by atoms with Gasteiger partial charge in [-0.2, -0.15) is 0 Å². The Labute approximate surface area is 123 Å². The summed E-state index contributed by atoms with van der Waals surface area (Å²) in [5, 5.41) is 34.4. The van der Waals surface area contributed by atoms with E-state index in [1.165, 1.54) is 12.1 Å². The molecular formula is C12H7ClN4O4. The summed E-state index contributed by atoms with van der Waals surface area (Å²) in [5.74, 6) is 0. The van der Waals surface area contributed by atoms with Crippen molar-refractivity contribution in [2.24, 2.45) is 0 Å². The van der Waals surface area contributed by atoms with Gasteiger partial charge in [0.2, 0.25) is 0 Å². The first-order valence-corrected chi connectivity index (χ1v) is 5.76. The quantitative estimate of drug-likeness (QED) is 0.480. The zero-order valence-electron chi connectivity index (χ0n) is 10.3. The molecule has 0 aromatic heterocycles. The van der Waals surface area contributed by atoms with Crippen LogP contribution in [0.15, 0.2) is 42.5 Å². The van der Waals surface area contributed by atoms with Gasteiger partial charge in [0, 0.05) is 21.9 Å². The van der Waals surface area contributed by atoms with Crippen LogP contribution in [0.25, 0.3) is 11.1 Å². The molecule has 0 atom stereocenters. The standard InChI is InChI=1S/C12H7ClN2O4.N2/c13-9-6-4-8(5-7-9)10-2-1-3-11(14(16)17)12(10)15(18)19;1-2/h1-7H;. The SMILES string of the molecule is N#N.O=[N+]([O-])c1cccc(-c2ccc(Cl)cc2)c1[N+](=O)[O-]. The van der Waals surface area contributed by atoms with Crippen molar-refractivity contribution in [3.63, 3.8) is 0 Å². The largest absolute Gasteiger partial charge is 0.353 e. The topological polar surface area (TPSA) is 134 Å². The molecule has 106 valence electrons. The second kappa shape index (κ2) is 6.93. The van der Waals surface area contributed by atoms with Crippen LogP contribution in [0.1, 0.15) is 0 Å². The second-order valence-corrected chi connectivity index (χ2v) is 4.13. The van der Waals surface area contributed by atoms with Gasteiger partial charge in [0.25, 0.3) is 0 Å². The number of nitro groups is 2. The molecule has 8 nitrogen and oxygen atoms in total. The van der Waals surface area contributed by atoms with E-state index < -0.39 is 21.2 Å². The van der Waals surface area contributed by atoms with E-state index in [2.05, 4.69) is 0 Å². The smallest absolute Gasteiger partial charge is 0.258 e. The number of hydrogen-bond donors (Lipinski definition) is 0. The van der Waals surface area contributed by atoms with Gasteiger partial charge in [0.1, 0.15) is 0 Å². The molecule has 0 radical (unpaired) electrons. The number of nitro benzene ring substituents is 2. The molecule has 0 heterocycles. The minimum absolute atomic E-state index is 0.191. The first kappa shape index (κ1) is 16.0. The number of nitrogens with zero attached hydrogens (tertiary/aromatic N) is 4. The third kappa shape index (κ3) is 3.49. The molecule has 0 bridgehead atoms. The van der Waals surface area contributed by atoms with E-state index in [4.69, 9.17) is 22.4 Å². The van der Waals surface area contributed by atoms with Crippen LogP contribution >= 0.6 is 11.6 Å². The maximum atomic E-state index is 11.1. The fourth-order valence-corrected chi connectivity index (χ4v) is 1.86. The van der Waals surface area contributed by atoms with Crippen LogP contribution in [0.5, 0.6) is 0 Å². The third-order valence-electron chi connectivity index (χ3n) is 2.55. The molecule has 0 aliphatic heterocycles. The summed E-state index contributed by atoms with van der Waals surface area (Å²) < 4.78 is 0. The van der Waals surface area contributed by atoms with Crippen molar-refractivity contribution in [3.05, 3.63) is 67.7 Å². The van der Waals surface area contributed by atoms with E-state index in [9.17, 15) is 20.2 Å². The van der Waals surface area contributed by atoms with Gasteiger partial charge in [0.05, 0.1) is 15.4 Å². The van der Waals surface area contributed by atoms with Gasteiger partial charge < -0.3 is 0 Å². The highest BCUT2D eigenvalue weighted by Crippen LogP contribution is 2.37. The minimum atomic E-state index is -0.766. The van der Waals surface area contributed by atoms with Gasteiger partial charge in [-0.1, -0.05) is 29.8 Å². The van der Waals surface area contributed by atoms with Crippen LogP contribution in [0.2, 0.25) is 5.02 Å². The van der Waals surface area contributed by atoms with Crippen molar-refractivity contribution >= 4 is 23.0 Å². The average molecular weight is 307 g/mol. The molecule has 21 heavy (non-hydrogen) atoms. The van der Waals surface area contributed by atoms with Gasteiger partial charge in [-0.3, -0.25) is 20.2 Å². The van der Waals surface area contributed by atoms with Crippen LogP contribution < -0.4 is 0 Å². The summed E-state index contributed by atoms with van der Waals surface area (Å²) in [6.07, 6.45) is 0. The van der Waals surface area contributed by atoms with E-state index >= 15 is 0 Å². The highest BCUT2D eigenvalue weighted by atomic mass is 35.5. The monoisotopic (exact) mass is 306 g/mol. The Hall–Kier alpha value is -3.05. The molecule has 0 unspecified atom stereocenters. The summed E-state index contributed by atoms with van der Waals surface area (Å²) in [4.78, 5) is 20.4. The maximum absolute atomic E-state index is 11.1. The van der Waals surface area contributed by atoms with E-state index in [1.54, 1.807) is 24.3 Å². The molecule has 0 saturated carbocycles. The first-order valence-electron chi connectivity index (χ1n) is 5.38. The van der Waals surface area contributed by atoms with Crippen LogP contribution in [0.4, 0.5) is 11.4 Å². The molecule has 0 N–H and O–H groups in total. The fourth-order valence-electron chi connectivity index (χ4n) is 1.73. The fraction of sp³-hybridized carbons (Fsp3) is 0. The van der Waals surface area contributed by atoms with Crippen molar-refractivity contribution in [2.45, 2.75) is 0 Å². The number of para-hydroxylation sites is 1. The number of hydrogen-bond acceptors (Lipinski definition) is 6. The Bertz CT molecular complexity index is 700. The Kier molecular flexibility index (Phi) is 5.28. The molecule has 2 rings (SSSR count). The Morgan fingerprint density at radius 2 is 1.48 bits per heavy atom. The zero-order valence-corrected chi connectivity index (χ0v) is 11.1. The molecule has 0 saturated heterocycles. The lowest BCUT2D eigenvalue weighted by atomic mass is 10.0. The minimum Gasteiger partial charge on any atom is -0.258 e. The molecule has 0 spiro atoms. The van der Waals surface area contributed by atoms with Crippen molar-refractivity contribution in [3.8, 4) is 11.1 Å². The van der Waals surface area contributed by atoms with E-state index in [-0.39, 0.29) is 5.56 Å². The molecule has 0 aliphatic rings. The van der Waals surface area contributed by atoms with E-state index in [1.807, 2.05) is 0 Å². The van der Waals surface area contributed by atoms with Crippen molar-refractivity contribution in [1.29, 1.82) is 10.8 Å². The molecule has 0 aliphatic carbocycles. The van der Waals surface area contributed by atoms with Gasteiger partial charge in [-0.05, 0) is 23.8 Å². The summed E-state index contributed by atoms with van der Waals surface area (Å²) >= 11 is 5.74. The molecule has 9 heteroatoms. The van der Waals surface area contributed by atoms with Crippen molar-refractivity contribution in [1.82, 2.24) is 0 Å². The van der Waals surface area contributed by atoms with Gasteiger partial charge in [0.15, 0.2) is 0 Å². The van der Waals surface area contributed by atoms with E-state index in [0.29, 0.717) is 10.6 Å². The second-order valence-electron chi connectivity index (χ2n) is 3.69. The van der Waals surface area contributed by atoms with Gasteiger partial charge >= 0.3 is 11.4 Å². The summed E-state index contributed by atoms with van der Waals surface area (Å²) in [7, 11) is 0. The van der Waals surface area contributed by atoms with Crippen molar-refractivity contribution < 1.29 is 9.85 Å². The van der Waals surface area contributed by atoms with Crippen LogP contribution in [0.3, 0.4) is 0 Å². The van der Waals surface area contributed by atoms with Crippen LogP contribution in [0, 0.1) is 31.0 Å². The van der Waals surface area contributed by atoms with Gasteiger partial charge in [-0.15, -0.1) is 0 Å². The number of rotatable bonds is 3. The first-order chi connectivity index (χ1) is 10.0. The Balaban J connectivity index is 0.00000106. The Morgan fingerprint density at radius 1 is 0.905 bits per heavy atom. The molecule has 0 fully saturated rings. The van der Waals surface area contributed by atoms with Crippen molar-refractivity contribution in [2.75, 3.05) is 0 Å². The highest BCUT2D eigenvalue weighted by molar-refractivity contribution is 6.30. The normalized spacial score (nSPS) is 9.29. The Morgan fingerprint density at radius 3 is 1.95 bits per heavy atom. The van der Waals surface area contributed by atoms with Crippen LogP contribution in [-0.2, 0) is 0 Å². The van der Waals surface area contributed by atoms with Gasteiger partial charge in [-0.25, -0.2) is 0 Å². The summed E-state index contributed by atoms with van der Waals surface area (Å²) in [6, 6.07) is 10.3. The predicted molar refractivity (Wildman–Crippen MR) is 73.6 cm³/mol. The zero-order chi connectivity index (χ0) is 16.0. The lowest BCUT2D eigenvalue weighted by Crippen LogP contribution is -1.98. The molecule has 2 aromatic carbocycles. The van der Waals surface area contributed by atoms with E-state index in [0.717, 1.165) is 6.07 Å². The summed E-state index contributed by atoms with van der Waals surface area (Å²) in [5.41, 5.74) is -0.358. The maximum Gasteiger partial charge on any atom is 0.353 e. The molecule has 0 amide bonds. The number of benzene rings is 2. The lowest BCUT2D eigenvalue weighted by Gasteiger charge is -2.03. The third-order valence-corrected chi connectivity index (χ3v) is 2.80.